The molecule has 0 saturated carbocycles. The third-order valence-corrected chi connectivity index (χ3v) is 7.09. The molecule has 37 heavy (non-hydrogen) atoms. The summed E-state index contributed by atoms with van der Waals surface area (Å²) in [7, 11) is 1.61. The first-order chi connectivity index (χ1) is 18.0. The minimum Gasteiger partial charge on any atom is -0.384 e. The number of thioether (sulfide) groups is 1. The largest absolute Gasteiger partial charge is 0.384 e. The molecule has 12 heteroatoms. The van der Waals surface area contributed by atoms with Crippen molar-refractivity contribution in [1.82, 2.24) is 15.3 Å². The Morgan fingerprint density at radius 2 is 2.24 bits per heavy atom. The summed E-state index contributed by atoms with van der Waals surface area (Å²) in [6, 6.07) is 5.16. The van der Waals surface area contributed by atoms with Crippen molar-refractivity contribution in [2.45, 2.75) is 43.2 Å². The first-order valence-corrected chi connectivity index (χ1v) is 13.0. The molecule has 194 valence electrons. The van der Waals surface area contributed by atoms with E-state index in [-0.39, 0.29) is 18.1 Å². The summed E-state index contributed by atoms with van der Waals surface area (Å²) in [5.74, 6) is 1.16. The molecule has 2 N–H and O–H groups in total. The van der Waals surface area contributed by atoms with Crippen molar-refractivity contribution in [3.63, 3.8) is 0 Å². The van der Waals surface area contributed by atoms with Crippen LogP contribution < -0.4 is 15.5 Å². The van der Waals surface area contributed by atoms with Crippen molar-refractivity contribution in [2.75, 3.05) is 42.8 Å². The number of aryl methyl sites for hydroxylation is 1. The van der Waals surface area contributed by atoms with Crippen molar-refractivity contribution in [3.8, 4) is 6.07 Å². The standard InChI is InChI=1S/C25H28N6O5S/c1-35-8-9-37-21-11-22(27-14-18(21)12-26)30-25(34)31-6-2-4-16-10-17(19(15-32)29-23(16)31)13-28-24(33)20-5-3-7-36-20/h10-11,14-15,20H,2-9,13H2,1H3,(H,28,33)(H,27,30,34). The Morgan fingerprint density at radius 1 is 1.38 bits per heavy atom. The van der Waals surface area contributed by atoms with E-state index in [0.29, 0.717) is 78.7 Å². The van der Waals surface area contributed by atoms with Gasteiger partial charge in [-0.05, 0) is 43.4 Å². The van der Waals surface area contributed by atoms with Gasteiger partial charge in [-0.1, -0.05) is 0 Å². The van der Waals surface area contributed by atoms with Crippen LogP contribution in [0.2, 0.25) is 0 Å². The molecule has 4 heterocycles. The van der Waals surface area contributed by atoms with Gasteiger partial charge in [0.25, 0.3) is 0 Å². The van der Waals surface area contributed by atoms with Crippen molar-refractivity contribution in [3.05, 3.63) is 40.7 Å². The van der Waals surface area contributed by atoms with Gasteiger partial charge in [0.05, 0.1) is 12.2 Å². The molecule has 0 aliphatic carbocycles. The van der Waals surface area contributed by atoms with Gasteiger partial charge in [0.15, 0.2) is 6.29 Å². The second-order valence-corrected chi connectivity index (χ2v) is 9.69. The fraction of sp³-hybridized carbons (Fsp3) is 0.440. The highest BCUT2D eigenvalue weighted by molar-refractivity contribution is 7.99. The number of ether oxygens (including phenoxy) is 2. The maximum atomic E-state index is 13.2. The van der Waals surface area contributed by atoms with Gasteiger partial charge in [0.1, 0.15) is 29.5 Å². The normalized spacial score (nSPS) is 16.5. The van der Waals surface area contributed by atoms with Gasteiger partial charge in [-0.15, -0.1) is 11.8 Å². The van der Waals surface area contributed by atoms with Gasteiger partial charge in [0.2, 0.25) is 5.91 Å². The predicted molar refractivity (Wildman–Crippen MR) is 137 cm³/mol. The van der Waals surface area contributed by atoms with E-state index < -0.39 is 12.1 Å². The third kappa shape index (κ3) is 6.43. The molecule has 1 atom stereocenters. The lowest BCUT2D eigenvalue weighted by Crippen LogP contribution is -2.40. The van der Waals surface area contributed by atoms with Crippen LogP contribution in [0, 0.1) is 11.3 Å². The smallest absolute Gasteiger partial charge is 0.328 e. The van der Waals surface area contributed by atoms with E-state index in [4.69, 9.17) is 9.47 Å². The summed E-state index contributed by atoms with van der Waals surface area (Å²) < 4.78 is 10.5. The van der Waals surface area contributed by atoms with Gasteiger partial charge in [0, 0.05) is 49.2 Å². The second kappa shape index (κ2) is 12.6. The fourth-order valence-corrected chi connectivity index (χ4v) is 5.12. The van der Waals surface area contributed by atoms with Crippen molar-refractivity contribution < 1.29 is 23.9 Å². The highest BCUT2D eigenvalue weighted by atomic mass is 32.2. The first-order valence-electron chi connectivity index (χ1n) is 12.0. The van der Waals surface area contributed by atoms with Crippen LogP contribution in [0.3, 0.4) is 0 Å². The molecule has 4 rings (SSSR count). The number of urea groups is 1. The van der Waals surface area contributed by atoms with Gasteiger partial charge >= 0.3 is 6.03 Å². The number of aldehydes is 1. The van der Waals surface area contributed by atoms with Crippen LogP contribution in [-0.4, -0.2) is 66.9 Å². The number of hydrogen-bond acceptors (Lipinski definition) is 9. The van der Waals surface area contributed by atoms with Crippen LogP contribution in [0.1, 0.15) is 46.4 Å². The Balaban J connectivity index is 1.49. The molecular weight excluding hydrogens is 496 g/mol. The van der Waals surface area contributed by atoms with E-state index in [1.165, 1.54) is 22.9 Å². The lowest BCUT2D eigenvalue weighted by Gasteiger charge is -2.29. The van der Waals surface area contributed by atoms with E-state index in [9.17, 15) is 19.6 Å². The zero-order valence-corrected chi connectivity index (χ0v) is 21.3. The monoisotopic (exact) mass is 524 g/mol. The summed E-state index contributed by atoms with van der Waals surface area (Å²) in [5.41, 5.74) is 1.99. The maximum Gasteiger partial charge on any atom is 0.328 e. The molecule has 3 amide bonds. The average molecular weight is 525 g/mol. The Kier molecular flexibility index (Phi) is 9.05. The van der Waals surface area contributed by atoms with E-state index in [2.05, 4.69) is 26.7 Å². The van der Waals surface area contributed by atoms with Crippen LogP contribution in [-0.2, 0) is 27.2 Å². The van der Waals surface area contributed by atoms with E-state index in [0.717, 1.165) is 12.0 Å². The first kappa shape index (κ1) is 26.5. The predicted octanol–water partition coefficient (Wildman–Crippen LogP) is 2.68. The topological polar surface area (TPSA) is 147 Å². The van der Waals surface area contributed by atoms with Gasteiger partial charge in [-0.25, -0.2) is 14.8 Å². The molecule has 1 fully saturated rings. The third-order valence-electron chi connectivity index (χ3n) is 6.07. The highest BCUT2D eigenvalue weighted by Crippen LogP contribution is 2.29. The van der Waals surface area contributed by atoms with Gasteiger partial charge in [-0.3, -0.25) is 19.8 Å². The molecule has 1 saturated heterocycles. The zero-order valence-electron chi connectivity index (χ0n) is 20.5. The number of anilines is 2. The molecule has 1 unspecified atom stereocenters. The van der Waals surface area contributed by atoms with Crippen molar-refractivity contribution >= 4 is 41.6 Å². The van der Waals surface area contributed by atoms with E-state index >= 15 is 0 Å². The van der Waals surface area contributed by atoms with E-state index in [1.807, 2.05) is 6.07 Å². The number of carbonyl (C=O) groups excluding carboxylic acids is 3. The second-order valence-electron chi connectivity index (χ2n) is 8.56. The van der Waals surface area contributed by atoms with Crippen LogP contribution in [0.4, 0.5) is 16.4 Å². The van der Waals surface area contributed by atoms with Crippen LogP contribution in [0.5, 0.6) is 0 Å². The van der Waals surface area contributed by atoms with Crippen molar-refractivity contribution in [1.29, 1.82) is 5.26 Å². The molecule has 2 aromatic rings. The number of pyridine rings is 2. The highest BCUT2D eigenvalue weighted by Gasteiger charge is 2.27. The summed E-state index contributed by atoms with van der Waals surface area (Å²) in [5, 5.41) is 15.0. The Hall–Kier alpha value is -3.53. The Morgan fingerprint density at radius 3 is 2.97 bits per heavy atom. The molecule has 0 radical (unpaired) electrons. The number of amides is 3. The number of aromatic nitrogens is 2. The van der Waals surface area contributed by atoms with Gasteiger partial charge in [-0.2, -0.15) is 5.26 Å². The summed E-state index contributed by atoms with van der Waals surface area (Å²) in [4.78, 5) is 48.2. The van der Waals surface area contributed by atoms with Crippen LogP contribution >= 0.6 is 11.8 Å². The number of methoxy groups -OCH3 is 1. The average Bonchev–Trinajstić information content (AvgIpc) is 3.46. The zero-order chi connectivity index (χ0) is 26.2. The number of carbonyl (C=O) groups is 3. The van der Waals surface area contributed by atoms with Gasteiger partial charge < -0.3 is 14.8 Å². The minimum atomic E-state index is -0.459. The quantitative estimate of drug-likeness (QED) is 0.287. The molecule has 2 aliphatic heterocycles. The SMILES string of the molecule is COCCSc1cc(NC(=O)N2CCCc3cc(CNC(=O)C4CCCO4)c(C=O)nc32)ncc1C#N. The van der Waals surface area contributed by atoms with E-state index in [1.54, 1.807) is 13.2 Å². The molecule has 2 aromatic heterocycles. The minimum absolute atomic E-state index is 0.151. The lowest BCUT2D eigenvalue weighted by molar-refractivity contribution is -0.130. The number of nitriles is 1. The molecule has 11 nitrogen and oxygen atoms in total. The molecule has 2 aliphatic rings. The van der Waals surface area contributed by atoms with Crippen molar-refractivity contribution in [2.24, 2.45) is 0 Å². The number of hydrogen-bond donors (Lipinski definition) is 2. The van der Waals surface area contributed by atoms with Crippen LogP contribution in [0.15, 0.2) is 23.2 Å². The fourth-order valence-electron chi connectivity index (χ4n) is 4.20. The number of nitrogens with one attached hydrogen (secondary N) is 2. The summed E-state index contributed by atoms with van der Waals surface area (Å²) in [6.07, 6.45) is 4.52. The summed E-state index contributed by atoms with van der Waals surface area (Å²) >= 11 is 1.44. The summed E-state index contributed by atoms with van der Waals surface area (Å²) in [6.45, 7) is 1.67. The molecule has 0 aromatic carbocycles. The molecule has 0 bridgehead atoms. The number of nitrogens with zero attached hydrogens (tertiary/aromatic N) is 4. The number of rotatable bonds is 9. The molecular formula is C25H28N6O5S. The maximum absolute atomic E-state index is 13.2. The van der Waals surface area contributed by atoms with Crippen LogP contribution in [0.25, 0.3) is 0 Å². The molecule has 0 spiro atoms. The number of fused-ring (bicyclic) bond motifs is 1. The lowest BCUT2D eigenvalue weighted by atomic mass is 10.0. The Labute approximate surface area is 218 Å². The Bertz CT molecular complexity index is 1210.